The molecule has 0 saturated heterocycles. The van der Waals surface area contributed by atoms with Crippen LogP contribution in [0.1, 0.15) is 12.6 Å². The van der Waals surface area contributed by atoms with Crippen molar-refractivity contribution in [3.8, 4) is 0 Å². The molecule has 12 heavy (non-hydrogen) atoms. The predicted molar refractivity (Wildman–Crippen MR) is 40.7 cm³/mol. The zero-order valence-corrected chi connectivity index (χ0v) is 6.80. The van der Waals surface area contributed by atoms with Crippen molar-refractivity contribution in [1.82, 2.24) is 9.78 Å². The number of alkyl halides is 2. The lowest BCUT2D eigenvalue weighted by molar-refractivity contribution is -0.000184. The molecule has 0 amide bonds. The van der Waals surface area contributed by atoms with Crippen LogP contribution in [0.5, 0.6) is 0 Å². The average molecular weight is 175 g/mol. The smallest absolute Gasteiger partial charge is 0.264 e. The molecule has 0 radical (unpaired) electrons. The van der Waals surface area contributed by atoms with Gasteiger partial charge in [-0.2, -0.15) is 5.10 Å². The van der Waals surface area contributed by atoms with E-state index in [4.69, 9.17) is 5.73 Å². The molecule has 0 aliphatic heterocycles. The molecule has 1 heterocycles. The maximum Gasteiger partial charge on any atom is 0.264 e. The van der Waals surface area contributed by atoms with Crippen molar-refractivity contribution in [1.29, 1.82) is 0 Å². The minimum absolute atomic E-state index is 0.232. The van der Waals surface area contributed by atoms with E-state index in [0.29, 0.717) is 5.69 Å². The lowest BCUT2D eigenvalue weighted by Crippen LogP contribution is -2.22. The highest BCUT2D eigenvalue weighted by atomic mass is 19.3. The third-order valence-electron chi connectivity index (χ3n) is 1.44. The summed E-state index contributed by atoms with van der Waals surface area (Å²) in [6.45, 7) is 0.678. The summed E-state index contributed by atoms with van der Waals surface area (Å²) in [5.41, 5.74) is 5.93. The Labute approximate surface area is 69.2 Å². The molecular formula is C7H11F2N3. The predicted octanol–water partition coefficient (Wildman–Crippen LogP) is 0.997. The Hall–Kier alpha value is -0.970. The summed E-state index contributed by atoms with van der Waals surface area (Å²) in [5.74, 6) is -2.74. The molecule has 0 aromatic carbocycles. The first kappa shape index (κ1) is 9.12. The molecule has 0 aliphatic rings. The molecule has 1 aromatic rings. The second kappa shape index (κ2) is 3.18. The number of rotatable bonds is 3. The summed E-state index contributed by atoms with van der Waals surface area (Å²) in [5, 5.41) is 3.73. The van der Waals surface area contributed by atoms with E-state index in [-0.39, 0.29) is 6.54 Å². The summed E-state index contributed by atoms with van der Waals surface area (Å²) >= 11 is 0. The van der Waals surface area contributed by atoms with E-state index >= 15 is 0 Å². The Morgan fingerprint density at radius 2 is 2.33 bits per heavy atom. The Morgan fingerprint density at radius 3 is 2.83 bits per heavy atom. The summed E-state index contributed by atoms with van der Waals surface area (Å²) in [7, 11) is 0. The highest BCUT2D eigenvalue weighted by Crippen LogP contribution is 2.14. The van der Waals surface area contributed by atoms with Gasteiger partial charge in [0.15, 0.2) is 0 Å². The topological polar surface area (TPSA) is 43.8 Å². The monoisotopic (exact) mass is 175 g/mol. The second-order valence-corrected chi connectivity index (χ2v) is 2.75. The standard InChI is InChI=1S/C7H11F2N3/c1-7(8,9)5-12-6(4-10)2-3-11-12/h2-3H,4-5,10H2,1H3. The summed E-state index contributed by atoms with van der Waals surface area (Å²) in [6, 6.07) is 1.63. The van der Waals surface area contributed by atoms with Crippen molar-refractivity contribution < 1.29 is 8.78 Å². The number of hydrogen-bond donors (Lipinski definition) is 1. The van der Waals surface area contributed by atoms with Gasteiger partial charge in [-0.1, -0.05) is 0 Å². The molecule has 5 heteroatoms. The van der Waals surface area contributed by atoms with Crippen LogP contribution in [0, 0.1) is 0 Å². The van der Waals surface area contributed by atoms with Crippen molar-refractivity contribution in [2.24, 2.45) is 5.73 Å². The van der Waals surface area contributed by atoms with E-state index in [1.165, 1.54) is 10.9 Å². The van der Waals surface area contributed by atoms with Gasteiger partial charge in [-0.05, 0) is 6.07 Å². The molecule has 0 unspecified atom stereocenters. The van der Waals surface area contributed by atoms with Crippen LogP contribution in [0.25, 0.3) is 0 Å². The van der Waals surface area contributed by atoms with Crippen molar-refractivity contribution in [3.63, 3.8) is 0 Å². The van der Waals surface area contributed by atoms with Gasteiger partial charge in [0.1, 0.15) is 6.54 Å². The highest BCUT2D eigenvalue weighted by molar-refractivity contribution is 4.99. The normalized spacial score (nSPS) is 12.0. The lowest BCUT2D eigenvalue weighted by Gasteiger charge is -2.11. The fourth-order valence-corrected chi connectivity index (χ4v) is 0.939. The number of hydrogen-bond acceptors (Lipinski definition) is 2. The van der Waals surface area contributed by atoms with E-state index < -0.39 is 12.5 Å². The number of aromatic nitrogens is 2. The molecule has 0 saturated carbocycles. The van der Waals surface area contributed by atoms with Gasteiger partial charge in [-0.15, -0.1) is 0 Å². The van der Waals surface area contributed by atoms with Crippen molar-refractivity contribution in [3.05, 3.63) is 18.0 Å². The van der Waals surface area contributed by atoms with Crippen LogP contribution >= 0.6 is 0 Å². The van der Waals surface area contributed by atoms with Gasteiger partial charge in [-0.25, -0.2) is 8.78 Å². The Kier molecular flexibility index (Phi) is 2.42. The Bertz CT molecular complexity index is 251. The molecule has 0 atom stereocenters. The van der Waals surface area contributed by atoms with Gasteiger partial charge in [0, 0.05) is 19.7 Å². The van der Waals surface area contributed by atoms with E-state index in [1.807, 2.05) is 0 Å². The van der Waals surface area contributed by atoms with E-state index in [1.54, 1.807) is 6.07 Å². The molecule has 0 bridgehead atoms. The van der Waals surface area contributed by atoms with Gasteiger partial charge >= 0.3 is 0 Å². The van der Waals surface area contributed by atoms with Crippen molar-refractivity contribution in [2.75, 3.05) is 0 Å². The van der Waals surface area contributed by atoms with Gasteiger partial charge in [0.2, 0.25) is 0 Å². The average Bonchev–Trinajstić information content (AvgIpc) is 2.31. The molecular weight excluding hydrogens is 164 g/mol. The molecule has 1 aromatic heterocycles. The minimum Gasteiger partial charge on any atom is -0.325 e. The van der Waals surface area contributed by atoms with Crippen LogP contribution in [-0.4, -0.2) is 15.7 Å². The van der Waals surface area contributed by atoms with Crippen molar-refractivity contribution in [2.45, 2.75) is 25.9 Å². The van der Waals surface area contributed by atoms with Gasteiger partial charge in [-0.3, -0.25) is 4.68 Å². The third kappa shape index (κ3) is 2.27. The van der Waals surface area contributed by atoms with Crippen LogP contribution in [0.4, 0.5) is 8.78 Å². The van der Waals surface area contributed by atoms with Crippen LogP contribution in [0.3, 0.4) is 0 Å². The van der Waals surface area contributed by atoms with Crippen LogP contribution in [0.15, 0.2) is 12.3 Å². The first-order valence-electron chi connectivity index (χ1n) is 3.61. The third-order valence-corrected chi connectivity index (χ3v) is 1.44. The van der Waals surface area contributed by atoms with Crippen molar-refractivity contribution >= 4 is 0 Å². The molecule has 0 aliphatic carbocycles. The zero-order chi connectivity index (χ0) is 9.19. The summed E-state index contributed by atoms with van der Waals surface area (Å²) < 4.78 is 26.2. The zero-order valence-electron chi connectivity index (χ0n) is 6.80. The summed E-state index contributed by atoms with van der Waals surface area (Å²) in [6.07, 6.45) is 1.47. The van der Waals surface area contributed by atoms with E-state index in [0.717, 1.165) is 6.92 Å². The van der Waals surface area contributed by atoms with E-state index in [9.17, 15) is 8.78 Å². The number of nitrogens with zero attached hydrogens (tertiary/aromatic N) is 2. The summed E-state index contributed by atoms with van der Waals surface area (Å²) in [4.78, 5) is 0. The van der Waals surface area contributed by atoms with Crippen LogP contribution in [-0.2, 0) is 13.1 Å². The molecule has 2 N–H and O–H groups in total. The van der Waals surface area contributed by atoms with Crippen LogP contribution < -0.4 is 5.73 Å². The number of nitrogens with two attached hydrogens (primary N) is 1. The fourth-order valence-electron chi connectivity index (χ4n) is 0.939. The Morgan fingerprint density at radius 1 is 1.67 bits per heavy atom. The molecule has 0 fully saturated rings. The fraction of sp³-hybridized carbons (Fsp3) is 0.571. The molecule has 3 nitrogen and oxygen atoms in total. The maximum absolute atomic E-state index is 12.5. The van der Waals surface area contributed by atoms with Gasteiger partial charge in [0.05, 0.1) is 5.69 Å². The highest BCUT2D eigenvalue weighted by Gasteiger charge is 2.22. The molecule has 0 spiro atoms. The van der Waals surface area contributed by atoms with E-state index in [2.05, 4.69) is 5.10 Å². The second-order valence-electron chi connectivity index (χ2n) is 2.75. The number of halogens is 2. The first-order valence-corrected chi connectivity index (χ1v) is 3.61. The van der Waals surface area contributed by atoms with Crippen LogP contribution in [0.2, 0.25) is 0 Å². The quantitative estimate of drug-likeness (QED) is 0.744. The molecule has 68 valence electrons. The molecule has 1 rings (SSSR count). The van der Waals surface area contributed by atoms with Gasteiger partial charge in [0.25, 0.3) is 5.92 Å². The SMILES string of the molecule is CC(F)(F)Cn1nccc1CN. The lowest BCUT2D eigenvalue weighted by atomic mass is 10.3. The van der Waals surface area contributed by atoms with Gasteiger partial charge < -0.3 is 5.73 Å². The largest absolute Gasteiger partial charge is 0.325 e. The maximum atomic E-state index is 12.5. The first-order chi connectivity index (χ1) is 5.53. The Balaban J connectivity index is 2.75. The minimum atomic E-state index is -2.74.